The van der Waals surface area contributed by atoms with Crippen LogP contribution in [0.15, 0.2) is 30.2 Å². The van der Waals surface area contributed by atoms with E-state index in [0.29, 0.717) is 12.5 Å². The van der Waals surface area contributed by atoms with Crippen LogP contribution in [0.1, 0.15) is 31.2 Å². The Kier molecular flexibility index (Phi) is 3.16. The topological polar surface area (TPSA) is 55.1 Å². The summed E-state index contributed by atoms with van der Waals surface area (Å²) < 4.78 is 2.03. The molecule has 1 N–H and O–H groups in total. The van der Waals surface area contributed by atoms with Gasteiger partial charge in [-0.05, 0) is 5.92 Å². The molecule has 5 nitrogen and oxygen atoms in total. The number of imidazole rings is 1. The standard InChI is InChI=1S/C13H15N5S/c1-9(2)11-5-12(16-8-15-11)14-6-10-7-18-3-4-19-13(18)17-10/h3-5,7-9H,6H2,1-2H3,(H,14,15,16). The molecule has 0 aliphatic rings. The van der Waals surface area contributed by atoms with Crippen LogP contribution in [0.4, 0.5) is 5.82 Å². The van der Waals surface area contributed by atoms with E-state index in [1.54, 1.807) is 17.7 Å². The summed E-state index contributed by atoms with van der Waals surface area (Å²) in [7, 11) is 0. The zero-order valence-electron chi connectivity index (χ0n) is 10.9. The molecule has 0 saturated carbocycles. The number of nitrogens with zero attached hydrogens (tertiary/aromatic N) is 4. The van der Waals surface area contributed by atoms with Crippen molar-refractivity contribution in [1.29, 1.82) is 0 Å². The Morgan fingerprint density at radius 2 is 2.26 bits per heavy atom. The molecule has 3 aromatic heterocycles. The van der Waals surface area contributed by atoms with Crippen LogP contribution in [-0.2, 0) is 6.54 Å². The van der Waals surface area contributed by atoms with Gasteiger partial charge in [0.15, 0.2) is 4.96 Å². The maximum Gasteiger partial charge on any atom is 0.193 e. The smallest absolute Gasteiger partial charge is 0.193 e. The fraction of sp³-hybridized carbons (Fsp3) is 0.308. The minimum Gasteiger partial charge on any atom is -0.364 e. The van der Waals surface area contributed by atoms with Crippen molar-refractivity contribution in [2.75, 3.05) is 5.32 Å². The van der Waals surface area contributed by atoms with Gasteiger partial charge in [-0.1, -0.05) is 13.8 Å². The second-order valence-electron chi connectivity index (χ2n) is 4.66. The van der Waals surface area contributed by atoms with Crippen molar-refractivity contribution >= 4 is 22.1 Å². The first-order valence-electron chi connectivity index (χ1n) is 6.19. The molecule has 0 atom stereocenters. The molecule has 6 heteroatoms. The molecule has 0 aliphatic heterocycles. The van der Waals surface area contributed by atoms with Crippen molar-refractivity contribution in [2.24, 2.45) is 0 Å². The van der Waals surface area contributed by atoms with E-state index in [2.05, 4.69) is 34.1 Å². The van der Waals surface area contributed by atoms with E-state index in [4.69, 9.17) is 0 Å². The van der Waals surface area contributed by atoms with Crippen molar-refractivity contribution in [3.8, 4) is 0 Å². The second-order valence-corrected chi connectivity index (χ2v) is 5.53. The Morgan fingerprint density at radius 1 is 1.37 bits per heavy atom. The van der Waals surface area contributed by atoms with Crippen LogP contribution >= 0.6 is 11.3 Å². The molecule has 0 fully saturated rings. The predicted molar refractivity (Wildman–Crippen MR) is 76.5 cm³/mol. The van der Waals surface area contributed by atoms with Crippen LogP contribution in [0.3, 0.4) is 0 Å². The average Bonchev–Trinajstić information content (AvgIpc) is 2.97. The first-order chi connectivity index (χ1) is 9.22. The van der Waals surface area contributed by atoms with Crippen molar-refractivity contribution in [3.05, 3.63) is 41.6 Å². The quantitative estimate of drug-likeness (QED) is 0.794. The van der Waals surface area contributed by atoms with E-state index < -0.39 is 0 Å². The maximum absolute atomic E-state index is 4.52. The zero-order valence-corrected chi connectivity index (χ0v) is 11.7. The average molecular weight is 273 g/mol. The lowest BCUT2D eigenvalue weighted by molar-refractivity contribution is 0.813. The highest BCUT2D eigenvalue weighted by molar-refractivity contribution is 7.15. The summed E-state index contributed by atoms with van der Waals surface area (Å²) in [5.74, 6) is 1.25. The van der Waals surface area contributed by atoms with Gasteiger partial charge in [-0.15, -0.1) is 11.3 Å². The lowest BCUT2D eigenvalue weighted by Gasteiger charge is -2.07. The maximum atomic E-state index is 4.52. The monoisotopic (exact) mass is 273 g/mol. The molecular formula is C13H15N5S. The van der Waals surface area contributed by atoms with E-state index in [-0.39, 0.29) is 0 Å². The van der Waals surface area contributed by atoms with Crippen molar-refractivity contribution < 1.29 is 0 Å². The molecule has 0 unspecified atom stereocenters. The van der Waals surface area contributed by atoms with Crippen LogP contribution in [0, 0.1) is 0 Å². The predicted octanol–water partition coefficient (Wildman–Crippen LogP) is 2.92. The summed E-state index contributed by atoms with van der Waals surface area (Å²) in [5.41, 5.74) is 2.06. The molecular weight excluding hydrogens is 258 g/mol. The number of thiazole rings is 1. The summed E-state index contributed by atoms with van der Waals surface area (Å²) in [4.78, 5) is 14.0. The first kappa shape index (κ1) is 12.1. The second kappa shape index (κ2) is 4.97. The molecule has 3 aromatic rings. The van der Waals surface area contributed by atoms with Gasteiger partial charge < -0.3 is 5.32 Å². The summed E-state index contributed by atoms with van der Waals surface area (Å²) in [6, 6.07) is 1.99. The van der Waals surface area contributed by atoms with Gasteiger partial charge >= 0.3 is 0 Å². The molecule has 0 aliphatic carbocycles. The normalized spacial score (nSPS) is 11.3. The Bertz CT molecular complexity index is 656. The van der Waals surface area contributed by atoms with Crippen LogP contribution < -0.4 is 5.32 Å². The van der Waals surface area contributed by atoms with Gasteiger partial charge in [-0.3, -0.25) is 4.40 Å². The van der Waals surface area contributed by atoms with Crippen molar-refractivity contribution in [1.82, 2.24) is 19.4 Å². The van der Waals surface area contributed by atoms with Crippen molar-refractivity contribution in [2.45, 2.75) is 26.3 Å². The Labute approximate surface area is 115 Å². The zero-order chi connectivity index (χ0) is 13.2. The third-order valence-electron chi connectivity index (χ3n) is 2.87. The molecule has 0 bridgehead atoms. The number of rotatable bonds is 4. The summed E-state index contributed by atoms with van der Waals surface area (Å²) in [6.45, 7) is 4.91. The van der Waals surface area contributed by atoms with Crippen LogP contribution in [0.25, 0.3) is 4.96 Å². The molecule has 0 saturated heterocycles. The number of hydrogen-bond donors (Lipinski definition) is 1. The highest BCUT2D eigenvalue weighted by Crippen LogP contribution is 2.15. The Balaban J connectivity index is 1.71. The third kappa shape index (κ3) is 2.58. The third-order valence-corrected chi connectivity index (χ3v) is 3.64. The largest absolute Gasteiger partial charge is 0.364 e. The highest BCUT2D eigenvalue weighted by Gasteiger charge is 2.05. The van der Waals surface area contributed by atoms with Crippen LogP contribution in [0.2, 0.25) is 0 Å². The van der Waals surface area contributed by atoms with E-state index in [9.17, 15) is 0 Å². The minimum absolute atomic E-state index is 0.404. The minimum atomic E-state index is 0.404. The molecule has 98 valence electrons. The fourth-order valence-corrected chi connectivity index (χ4v) is 2.55. The van der Waals surface area contributed by atoms with E-state index in [0.717, 1.165) is 22.2 Å². The fourth-order valence-electron chi connectivity index (χ4n) is 1.83. The summed E-state index contributed by atoms with van der Waals surface area (Å²) in [5, 5.41) is 5.31. The van der Waals surface area contributed by atoms with Gasteiger partial charge in [0, 0.05) is 29.5 Å². The van der Waals surface area contributed by atoms with Gasteiger partial charge in [-0.25, -0.2) is 15.0 Å². The van der Waals surface area contributed by atoms with E-state index >= 15 is 0 Å². The summed E-state index contributed by atoms with van der Waals surface area (Å²) >= 11 is 1.63. The number of anilines is 1. The highest BCUT2D eigenvalue weighted by atomic mass is 32.1. The molecule has 0 spiro atoms. The van der Waals surface area contributed by atoms with Crippen molar-refractivity contribution in [3.63, 3.8) is 0 Å². The number of hydrogen-bond acceptors (Lipinski definition) is 5. The molecule has 0 radical (unpaired) electrons. The van der Waals surface area contributed by atoms with Gasteiger partial charge in [0.1, 0.15) is 12.1 Å². The van der Waals surface area contributed by atoms with Gasteiger partial charge in [-0.2, -0.15) is 0 Å². The van der Waals surface area contributed by atoms with Gasteiger partial charge in [0.05, 0.1) is 12.2 Å². The Morgan fingerprint density at radius 3 is 3.05 bits per heavy atom. The lowest BCUT2D eigenvalue weighted by Crippen LogP contribution is -2.03. The number of nitrogens with one attached hydrogen (secondary N) is 1. The molecule has 0 aromatic carbocycles. The lowest BCUT2D eigenvalue weighted by atomic mass is 10.1. The van der Waals surface area contributed by atoms with Crippen LogP contribution in [-0.4, -0.2) is 19.4 Å². The number of aromatic nitrogens is 4. The summed E-state index contributed by atoms with van der Waals surface area (Å²) in [6.07, 6.45) is 5.64. The SMILES string of the molecule is CC(C)c1cc(NCc2cn3ccsc3n2)ncn1. The molecule has 3 heterocycles. The Hall–Kier alpha value is -1.95. The van der Waals surface area contributed by atoms with Gasteiger partial charge in [0.25, 0.3) is 0 Å². The van der Waals surface area contributed by atoms with E-state index in [1.807, 2.05) is 28.2 Å². The van der Waals surface area contributed by atoms with Crippen LogP contribution in [0.5, 0.6) is 0 Å². The van der Waals surface area contributed by atoms with Gasteiger partial charge in [0.2, 0.25) is 0 Å². The number of fused-ring (bicyclic) bond motifs is 1. The molecule has 0 amide bonds. The van der Waals surface area contributed by atoms with E-state index in [1.165, 1.54) is 0 Å². The first-order valence-corrected chi connectivity index (χ1v) is 7.07. The molecule has 19 heavy (non-hydrogen) atoms. The molecule has 3 rings (SSSR count).